The van der Waals surface area contributed by atoms with Crippen LogP contribution in [0.1, 0.15) is 66.2 Å². The second kappa shape index (κ2) is 13.2. The molecule has 0 amide bonds. The molecule has 6 heteroatoms. The van der Waals surface area contributed by atoms with E-state index in [1.807, 2.05) is 0 Å². The first-order valence-corrected chi connectivity index (χ1v) is 8.62. The summed E-state index contributed by atoms with van der Waals surface area (Å²) in [5.41, 5.74) is 11.6. The van der Waals surface area contributed by atoms with Crippen LogP contribution in [0.2, 0.25) is 0 Å². The van der Waals surface area contributed by atoms with E-state index >= 15 is 0 Å². The molecule has 0 aromatic rings. The fourth-order valence-corrected chi connectivity index (χ4v) is 1.78. The summed E-state index contributed by atoms with van der Waals surface area (Å²) in [5.74, 6) is 1.12. The maximum absolute atomic E-state index is 5.80. The number of aliphatic imine (C=N–C) groups is 2. The average molecular weight is 313 g/mol. The monoisotopic (exact) mass is 312 g/mol. The van der Waals surface area contributed by atoms with Crippen molar-refractivity contribution in [2.45, 2.75) is 78.3 Å². The molecule has 6 N–H and O–H groups in total. The zero-order valence-corrected chi connectivity index (χ0v) is 14.9. The molecule has 22 heavy (non-hydrogen) atoms. The summed E-state index contributed by atoms with van der Waals surface area (Å²) in [6, 6.07) is 0.771. The van der Waals surface area contributed by atoms with Gasteiger partial charge in [-0.25, -0.2) is 0 Å². The van der Waals surface area contributed by atoms with E-state index in [0.29, 0.717) is 24.0 Å². The van der Waals surface area contributed by atoms with Crippen LogP contribution in [0, 0.1) is 0 Å². The second-order valence-corrected chi connectivity index (χ2v) is 5.86. The fourth-order valence-electron chi connectivity index (χ4n) is 1.78. The van der Waals surface area contributed by atoms with Crippen molar-refractivity contribution in [2.24, 2.45) is 21.5 Å². The van der Waals surface area contributed by atoms with Crippen molar-refractivity contribution in [1.29, 1.82) is 0 Å². The molecule has 0 aliphatic heterocycles. The molecule has 0 saturated carbocycles. The lowest BCUT2D eigenvalue weighted by atomic mass is 10.2. The van der Waals surface area contributed by atoms with Gasteiger partial charge in [-0.05, 0) is 39.5 Å². The zero-order chi connectivity index (χ0) is 16.8. The van der Waals surface area contributed by atoms with Crippen LogP contribution in [-0.2, 0) is 0 Å². The highest BCUT2D eigenvalue weighted by Crippen LogP contribution is 2.00. The van der Waals surface area contributed by atoms with Gasteiger partial charge in [-0.15, -0.1) is 0 Å². The minimum absolute atomic E-state index is 0.385. The maximum Gasteiger partial charge on any atom is 0.188 e. The molecule has 0 spiro atoms. The highest BCUT2D eigenvalue weighted by Gasteiger charge is 1.99. The summed E-state index contributed by atoms with van der Waals surface area (Å²) in [6.45, 7) is 10.0. The van der Waals surface area contributed by atoms with E-state index in [4.69, 9.17) is 11.5 Å². The molecule has 0 aromatic heterocycles. The number of unbranched alkanes of at least 4 members (excludes halogenated alkanes) is 3. The third-order valence-electron chi connectivity index (χ3n) is 3.64. The van der Waals surface area contributed by atoms with E-state index in [9.17, 15) is 0 Å². The van der Waals surface area contributed by atoms with Gasteiger partial charge in [-0.2, -0.15) is 0 Å². The van der Waals surface area contributed by atoms with Crippen LogP contribution in [0.15, 0.2) is 9.98 Å². The molecule has 0 aliphatic rings. The first-order chi connectivity index (χ1) is 10.5. The smallest absolute Gasteiger partial charge is 0.188 e. The van der Waals surface area contributed by atoms with Crippen molar-refractivity contribution in [3.05, 3.63) is 0 Å². The predicted molar refractivity (Wildman–Crippen MR) is 97.2 cm³/mol. The Labute approximate surface area is 136 Å². The lowest BCUT2D eigenvalue weighted by Crippen LogP contribution is -2.38. The molecule has 0 heterocycles. The van der Waals surface area contributed by atoms with Crippen molar-refractivity contribution < 1.29 is 0 Å². The quantitative estimate of drug-likeness (QED) is 0.266. The van der Waals surface area contributed by atoms with E-state index in [-0.39, 0.29) is 0 Å². The van der Waals surface area contributed by atoms with Gasteiger partial charge in [0.05, 0.1) is 0 Å². The Kier molecular flexibility index (Phi) is 12.3. The van der Waals surface area contributed by atoms with Gasteiger partial charge in [0.25, 0.3) is 0 Å². The molecule has 6 nitrogen and oxygen atoms in total. The molecule has 0 rings (SSSR count). The minimum Gasteiger partial charge on any atom is -0.370 e. The molecule has 0 bridgehead atoms. The number of nitrogens with zero attached hydrogens (tertiary/aromatic N) is 2. The molecule has 0 saturated heterocycles. The predicted octanol–water partition coefficient (Wildman–Crippen LogP) is 1.95. The largest absolute Gasteiger partial charge is 0.370 e. The standard InChI is InChI=1S/C16H36N6/c1-5-13(3)21-15(17)19-11-9-7-8-10-12-20-16(18)22-14(4)6-2/h13-14H,5-12H2,1-4H3,(H3,17,19,21)(H3,18,20,22). The van der Waals surface area contributed by atoms with Crippen molar-refractivity contribution in [1.82, 2.24) is 10.6 Å². The van der Waals surface area contributed by atoms with Crippen molar-refractivity contribution >= 4 is 11.9 Å². The van der Waals surface area contributed by atoms with Gasteiger partial charge in [0.2, 0.25) is 0 Å². The topological polar surface area (TPSA) is 101 Å². The summed E-state index contributed by atoms with van der Waals surface area (Å²) < 4.78 is 0. The minimum atomic E-state index is 0.385. The number of nitrogens with two attached hydrogens (primary N) is 2. The van der Waals surface area contributed by atoms with Crippen LogP contribution in [0.25, 0.3) is 0 Å². The Hall–Kier alpha value is -1.46. The molecule has 0 aromatic carbocycles. The van der Waals surface area contributed by atoms with Gasteiger partial charge < -0.3 is 22.1 Å². The second-order valence-electron chi connectivity index (χ2n) is 5.86. The SMILES string of the molecule is CCC(C)NC(N)=NCCCCCCN=C(N)NC(C)CC. The Morgan fingerprint density at radius 3 is 1.45 bits per heavy atom. The normalized spacial score (nSPS) is 15.5. The summed E-state index contributed by atoms with van der Waals surface area (Å²) >= 11 is 0. The Morgan fingerprint density at radius 2 is 1.14 bits per heavy atom. The first-order valence-electron chi connectivity index (χ1n) is 8.62. The molecular formula is C16H36N6. The maximum atomic E-state index is 5.80. The first kappa shape index (κ1) is 20.5. The van der Waals surface area contributed by atoms with E-state index in [0.717, 1.165) is 51.6 Å². The van der Waals surface area contributed by atoms with E-state index in [1.54, 1.807) is 0 Å². The Balaban J connectivity index is 3.58. The van der Waals surface area contributed by atoms with Crippen molar-refractivity contribution in [2.75, 3.05) is 13.1 Å². The van der Waals surface area contributed by atoms with Crippen molar-refractivity contribution in [3.8, 4) is 0 Å². The highest BCUT2D eigenvalue weighted by atomic mass is 15.1. The summed E-state index contributed by atoms with van der Waals surface area (Å²) in [4.78, 5) is 8.65. The van der Waals surface area contributed by atoms with Gasteiger partial charge in [0.1, 0.15) is 0 Å². The molecule has 2 atom stereocenters. The van der Waals surface area contributed by atoms with Gasteiger partial charge >= 0.3 is 0 Å². The third kappa shape index (κ3) is 12.3. The third-order valence-corrected chi connectivity index (χ3v) is 3.64. The van der Waals surface area contributed by atoms with Gasteiger partial charge in [0.15, 0.2) is 11.9 Å². The number of hydrogen-bond donors (Lipinski definition) is 4. The van der Waals surface area contributed by atoms with Crippen LogP contribution >= 0.6 is 0 Å². The Morgan fingerprint density at radius 1 is 0.773 bits per heavy atom. The summed E-state index contributed by atoms with van der Waals surface area (Å²) in [6.07, 6.45) is 6.51. The number of rotatable bonds is 11. The molecule has 0 aliphatic carbocycles. The highest BCUT2D eigenvalue weighted by molar-refractivity contribution is 5.78. The van der Waals surface area contributed by atoms with Crippen LogP contribution in [0.5, 0.6) is 0 Å². The lowest BCUT2D eigenvalue weighted by Gasteiger charge is -2.11. The Bertz CT molecular complexity index is 295. The van der Waals surface area contributed by atoms with Crippen LogP contribution in [-0.4, -0.2) is 37.1 Å². The average Bonchev–Trinajstić information content (AvgIpc) is 2.49. The van der Waals surface area contributed by atoms with Crippen LogP contribution in [0.4, 0.5) is 0 Å². The number of guanidine groups is 2. The summed E-state index contributed by atoms with van der Waals surface area (Å²) in [5, 5.41) is 6.33. The summed E-state index contributed by atoms with van der Waals surface area (Å²) in [7, 11) is 0. The number of nitrogens with one attached hydrogen (secondary N) is 2. The van der Waals surface area contributed by atoms with Gasteiger partial charge in [0, 0.05) is 25.2 Å². The number of hydrogen-bond acceptors (Lipinski definition) is 2. The van der Waals surface area contributed by atoms with Crippen LogP contribution < -0.4 is 22.1 Å². The van der Waals surface area contributed by atoms with E-state index < -0.39 is 0 Å². The zero-order valence-electron chi connectivity index (χ0n) is 14.9. The molecular weight excluding hydrogens is 276 g/mol. The molecule has 130 valence electrons. The molecule has 0 fully saturated rings. The van der Waals surface area contributed by atoms with E-state index in [1.165, 1.54) is 0 Å². The lowest BCUT2D eigenvalue weighted by molar-refractivity contribution is 0.624. The van der Waals surface area contributed by atoms with Crippen molar-refractivity contribution in [3.63, 3.8) is 0 Å². The molecule has 2 unspecified atom stereocenters. The van der Waals surface area contributed by atoms with E-state index in [2.05, 4.69) is 48.3 Å². The van der Waals surface area contributed by atoms with Gasteiger partial charge in [-0.1, -0.05) is 26.7 Å². The molecule has 0 radical (unpaired) electrons. The van der Waals surface area contributed by atoms with Gasteiger partial charge in [-0.3, -0.25) is 9.98 Å². The van der Waals surface area contributed by atoms with Crippen LogP contribution in [0.3, 0.4) is 0 Å². The fraction of sp³-hybridized carbons (Fsp3) is 0.875.